The maximum absolute atomic E-state index is 11.1. The van der Waals surface area contributed by atoms with Crippen LogP contribution in [-0.2, 0) is 23.5 Å². The van der Waals surface area contributed by atoms with Crippen LogP contribution in [-0.4, -0.2) is 25.7 Å². The summed E-state index contributed by atoms with van der Waals surface area (Å²) in [7, 11) is 0. The van der Waals surface area contributed by atoms with Crippen molar-refractivity contribution >= 4 is 29.0 Å². The van der Waals surface area contributed by atoms with Gasteiger partial charge in [-0.1, -0.05) is 31.7 Å². The van der Waals surface area contributed by atoms with Gasteiger partial charge in [-0.05, 0) is 17.4 Å². The molecule has 0 bridgehead atoms. The number of carbonyl (C=O) groups is 1. The van der Waals surface area contributed by atoms with Crippen molar-refractivity contribution in [1.29, 1.82) is 0 Å². The molecule has 0 aliphatic carbocycles. The number of hydrogen-bond donors (Lipinski definition) is 1. The lowest BCUT2D eigenvalue weighted by molar-refractivity contribution is -0.118. The predicted molar refractivity (Wildman–Crippen MR) is 102 cm³/mol. The Kier molecular flexibility index (Phi) is 6.10. The largest absolute Gasteiger partial charge is 0.444 e. The molecular weight excluding hydrogens is 370 g/mol. The van der Waals surface area contributed by atoms with E-state index in [0.717, 1.165) is 28.1 Å². The number of aryl methyl sites for hydroxylation is 1. The van der Waals surface area contributed by atoms with Crippen LogP contribution in [0.1, 0.15) is 31.8 Å². The second-order valence-electron chi connectivity index (χ2n) is 6.28. The van der Waals surface area contributed by atoms with Gasteiger partial charge in [0.05, 0.1) is 10.6 Å². The van der Waals surface area contributed by atoms with Gasteiger partial charge in [-0.15, -0.1) is 21.5 Å². The van der Waals surface area contributed by atoms with Crippen molar-refractivity contribution in [2.45, 2.75) is 44.1 Å². The molecule has 0 fully saturated rings. The molecule has 7 nitrogen and oxygen atoms in total. The van der Waals surface area contributed by atoms with Crippen LogP contribution in [0.5, 0.6) is 0 Å². The highest BCUT2D eigenvalue weighted by Gasteiger charge is 2.16. The SMILES string of the molecule is CC(C)Cn1c(CCC(N)=O)nnc1SCc1coc(-c2cccs2)n1. The second kappa shape index (κ2) is 8.50. The van der Waals surface area contributed by atoms with Gasteiger partial charge in [0.2, 0.25) is 11.8 Å². The molecule has 9 heteroatoms. The minimum Gasteiger partial charge on any atom is -0.444 e. The van der Waals surface area contributed by atoms with Gasteiger partial charge in [-0.25, -0.2) is 4.98 Å². The van der Waals surface area contributed by atoms with Crippen molar-refractivity contribution in [1.82, 2.24) is 19.7 Å². The number of thioether (sulfide) groups is 1. The monoisotopic (exact) mass is 391 g/mol. The van der Waals surface area contributed by atoms with Crippen LogP contribution in [0, 0.1) is 5.92 Å². The summed E-state index contributed by atoms with van der Waals surface area (Å²) in [6, 6.07) is 3.96. The molecule has 3 heterocycles. The molecule has 138 valence electrons. The van der Waals surface area contributed by atoms with Gasteiger partial charge in [0.1, 0.15) is 12.1 Å². The number of nitrogens with two attached hydrogens (primary N) is 1. The van der Waals surface area contributed by atoms with E-state index in [0.29, 0.717) is 24.0 Å². The molecule has 26 heavy (non-hydrogen) atoms. The molecule has 0 aliphatic rings. The van der Waals surface area contributed by atoms with E-state index in [9.17, 15) is 4.79 Å². The molecule has 0 saturated heterocycles. The lowest BCUT2D eigenvalue weighted by Crippen LogP contribution is -2.15. The zero-order chi connectivity index (χ0) is 18.5. The maximum atomic E-state index is 11.1. The van der Waals surface area contributed by atoms with Crippen molar-refractivity contribution in [3.8, 4) is 10.8 Å². The topological polar surface area (TPSA) is 99.8 Å². The fourth-order valence-corrected chi connectivity index (χ4v) is 3.92. The highest BCUT2D eigenvalue weighted by molar-refractivity contribution is 7.98. The van der Waals surface area contributed by atoms with Crippen molar-refractivity contribution in [2.24, 2.45) is 11.7 Å². The van der Waals surface area contributed by atoms with E-state index in [1.807, 2.05) is 17.5 Å². The van der Waals surface area contributed by atoms with Crippen LogP contribution in [0.25, 0.3) is 10.8 Å². The smallest absolute Gasteiger partial charge is 0.236 e. The van der Waals surface area contributed by atoms with Crippen LogP contribution in [0.2, 0.25) is 0 Å². The molecule has 0 atom stereocenters. The summed E-state index contributed by atoms with van der Waals surface area (Å²) < 4.78 is 7.62. The van der Waals surface area contributed by atoms with Crippen LogP contribution >= 0.6 is 23.1 Å². The standard InChI is InChI=1S/C17H21N5O2S2/c1-11(2)8-22-15(6-5-14(18)23)20-21-17(22)26-10-12-9-24-16(19-12)13-4-3-7-25-13/h3-4,7,9,11H,5-6,8,10H2,1-2H3,(H2,18,23). The Balaban J connectivity index is 1.69. The molecule has 0 radical (unpaired) electrons. The number of primary amides is 1. The Morgan fingerprint density at radius 2 is 2.27 bits per heavy atom. The van der Waals surface area contributed by atoms with E-state index < -0.39 is 0 Å². The third-order valence-electron chi connectivity index (χ3n) is 3.57. The Bertz CT molecular complexity index is 855. The summed E-state index contributed by atoms with van der Waals surface area (Å²) in [5.74, 6) is 2.18. The normalized spacial score (nSPS) is 11.3. The maximum Gasteiger partial charge on any atom is 0.236 e. The zero-order valence-corrected chi connectivity index (χ0v) is 16.3. The van der Waals surface area contributed by atoms with E-state index in [1.165, 1.54) is 0 Å². The predicted octanol–water partition coefficient (Wildman–Crippen LogP) is 3.36. The molecule has 3 rings (SSSR count). The molecule has 1 amide bonds. The second-order valence-corrected chi connectivity index (χ2v) is 8.17. The number of aromatic nitrogens is 4. The number of nitrogens with zero attached hydrogens (tertiary/aromatic N) is 4. The molecule has 3 aromatic rings. The molecule has 0 unspecified atom stereocenters. The average molecular weight is 392 g/mol. The molecule has 3 aromatic heterocycles. The molecule has 0 saturated carbocycles. The van der Waals surface area contributed by atoms with E-state index in [4.69, 9.17) is 10.2 Å². The quantitative estimate of drug-likeness (QED) is 0.561. The first-order valence-electron chi connectivity index (χ1n) is 8.34. The number of carbonyl (C=O) groups excluding carboxylic acids is 1. The number of thiophene rings is 1. The third kappa shape index (κ3) is 4.73. The van der Waals surface area contributed by atoms with Crippen molar-refractivity contribution < 1.29 is 9.21 Å². The fourth-order valence-electron chi connectivity index (χ4n) is 2.42. The molecule has 2 N–H and O–H groups in total. The van der Waals surface area contributed by atoms with Gasteiger partial charge in [0.25, 0.3) is 0 Å². The lowest BCUT2D eigenvalue weighted by atomic mass is 10.2. The highest BCUT2D eigenvalue weighted by atomic mass is 32.2. The molecule has 0 aromatic carbocycles. The molecule has 0 aliphatic heterocycles. The van der Waals surface area contributed by atoms with E-state index >= 15 is 0 Å². The zero-order valence-electron chi connectivity index (χ0n) is 14.7. The minimum absolute atomic E-state index is 0.272. The summed E-state index contributed by atoms with van der Waals surface area (Å²) in [5, 5.41) is 11.3. The van der Waals surface area contributed by atoms with Crippen molar-refractivity contribution in [3.05, 3.63) is 35.3 Å². The first-order chi connectivity index (χ1) is 12.5. The third-order valence-corrected chi connectivity index (χ3v) is 5.43. The van der Waals surface area contributed by atoms with Gasteiger partial charge >= 0.3 is 0 Å². The number of hydrogen-bond acceptors (Lipinski definition) is 7. The minimum atomic E-state index is -0.331. The van der Waals surface area contributed by atoms with Crippen LogP contribution in [0.4, 0.5) is 0 Å². The Morgan fingerprint density at radius 3 is 2.96 bits per heavy atom. The number of amides is 1. The molecule has 0 spiro atoms. The Morgan fingerprint density at radius 1 is 1.42 bits per heavy atom. The van der Waals surface area contributed by atoms with Gasteiger partial charge in [0, 0.05) is 25.1 Å². The van der Waals surface area contributed by atoms with Gasteiger partial charge in [0.15, 0.2) is 5.16 Å². The van der Waals surface area contributed by atoms with E-state index in [2.05, 4.69) is 33.6 Å². The van der Waals surface area contributed by atoms with Gasteiger partial charge in [-0.3, -0.25) is 4.79 Å². The highest BCUT2D eigenvalue weighted by Crippen LogP contribution is 2.27. The number of oxazole rings is 1. The first kappa shape index (κ1) is 18.7. The van der Waals surface area contributed by atoms with Gasteiger partial charge in [-0.2, -0.15) is 0 Å². The van der Waals surface area contributed by atoms with Crippen molar-refractivity contribution in [2.75, 3.05) is 0 Å². The van der Waals surface area contributed by atoms with Crippen LogP contribution in [0.15, 0.2) is 33.3 Å². The van der Waals surface area contributed by atoms with E-state index in [-0.39, 0.29) is 12.3 Å². The van der Waals surface area contributed by atoms with Crippen LogP contribution < -0.4 is 5.73 Å². The lowest BCUT2D eigenvalue weighted by Gasteiger charge is -2.11. The number of rotatable bonds is 9. The van der Waals surface area contributed by atoms with Crippen molar-refractivity contribution in [3.63, 3.8) is 0 Å². The average Bonchev–Trinajstić information content (AvgIpc) is 3.32. The summed E-state index contributed by atoms with van der Waals surface area (Å²) in [6.07, 6.45) is 2.45. The Labute approximate surface area is 160 Å². The summed E-state index contributed by atoms with van der Waals surface area (Å²) >= 11 is 3.16. The van der Waals surface area contributed by atoms with Gasteiger partial charge < -0.3 is 14.7 Å². The van der Waals surface area contributed by atoms with E-state index in [1.54, 1.807) is 29.4 Å². The summed E-state index contributed by atoms with van der Waals surface area (Å²) in [4.78, 5) is 16.6. The molecular formula is C17H21N5O2S2. The summed E-state index contributed by atoms with van der Waals surface area (Å²) in [5.41, 5.74) is 6.11. The summed E-state index contributed by atoms with van der Waals surface area (Å²) in [6.45, 7) is 5.07. The van der Waals surface area contributed by atoms with Crippen LogP contribution in [0.3, 0.4) is 0 Å². The Hall–Kier alpha value is -2.13. The first-order valence-corrected chi connectivity index (χ1v) is 10.2. The fraction of sp³-hybridized carbons (Fsp3) is 0.412.